The lowest BCUT2D eigenvalue weighted by Gasteiger charge is -2.23. The normalized spacial score (nSPS) is 21.3. The third-order valence-electron chi connectivity index (χ3n) is 1.99. The van der Waals surface area contributed by atoms with Gasteiger partial charge in [0.2, 0.25) is 0 Å². The lowest BCUT2D eigenvalue weighted by molar-refractivity contribution is 0.0297. The van der Waals surface area contributed by atoms with Gasteiger partial charge in [-0.1, -0.05) is 0 Å². The van der Waals surface area contributed by atoms with Crippen LogP contribution >= 0.6 is 0 Å². The van der Waals surface area contributed by atoms with Crippen LogP contribution in [0.2, 0.25) is 0 Å². The minimum Gasteiger partial charge on any atom is -0.444 e. The third kappa shape index (κ3) is 2.94. The minimum atomic E-state index is -0.538. The van der Waals surface area contributed by atoms with Gasteiger partial charge in [-0.3, -0.25) is 0 Å². The van der Waals surface area contributed by atoms with Crippen molar-refractivity contribution >= 4 is 11.8 Å². The molecule has 1 N–H and O–H groups in total. The van der Waals surface area contributed by atoms with Crippen LogP contribution in [0, 0.1) is 22.7 Å². The number of nitrogens with one attached hydrogen (secondary N) is 1. The monoisotopic (exact) mass is 209 g/mol. The molecule has 0 saturated carbocycles. The number of hydrogen-bond donors (Lipinski definition) is 1. The summed E-state index contributed by atoms with van der Waals surface area (Å²) in [4.78, 5) is 13.0. The van der Waals surface area contributed by atoms with Crippen LogP contribution in [0.25, 0.3) is 0 Å². The fourth-order valence-electron chi connectivity index (χ4n) is 1.30. The van der Waals surface area contributed by atoms with Gasteiger partial charge in [0.25, 0.3) is 0 Å². The van der Waals surface area contributed by atoms with Crippen LogP contribution in [0.1, 0.15) is 20.8 Å². The smallest absolute Gasteiger partial charge is 0.410 e. The first-order chi connectivity index (χ1) is 6.83. The number of carbonyl (C=O) groups is 1. The highest BCUT2D eigenvalue weighted by Gasteiger charge is 2.33. The topological polar surface area (TPSA) is 77.2 Å². The zero-order valence-corrected chi connectivity index (χ0v) is 9.20. The molecule has 5 nitrogen and oxygen atoms in total. The number of rotatable bonds is 0. The van der Waals surface area contributed by atoms with Gasteiger partial charge in [0, 0.05) is 12.3 Å². The number of amides is 1. The average Bonchev–Trinajstić information content (AvgIpc) is 2.43. The number of nitriles is 1. The van der Waals surface area contributed by atoms with E-state index in [0.717, 1.165) is 0 Å². The van der Waals surface area contributed by atoms with Crippen LogP contribution in [-0.4, -0.2) is 35.4 Å². The van der Waals surface area contributed by atoms with Gasteiger partial charge in [0.15, 0.2) is 0 Å². The highest BCUT2D eigenvalue weighted by Crippen LogP contribution is 2.16. The van der Waals surface area contributed by atoms with Crippen molar-refractivity contribution < 1.29 is 9.53 Å². The van der Waals surface area contributed by atoms with E-state index in [1.54, 1.807) is 20.8 Å². The Labute approximate surface area is 89.1 Å². The summed E-state index contributed by atoms with van der Waals surface area (Å²) in [5, 5.41) is 16.2. The molecule has 0 aromatic rings. The predicted molar refractivity (Wildman–Crippen MR) is 54.6 cm³/mol. The van der Waals surface area contributed by atoms with E-state index in [1.165, 1.54) is 4.90 Å². The fraction of sp³-hybridized carbons (Fsp3) is 0.700. The maximum absolute atomic E-state index is 11.6. The van der Waals surface area contributed by atoms with Gasteiger partial charge in [0.05, 0.1) is 12.6 Å². The number of ether oxygens (including phenoxy) is 1. The molecule has 5 heteroatoms. The van der Waals surface area contributed by atoms with Gasteiger partial charge < -0.3 is 15.0 Å². The van der Waals surface area contributed by atoms with Crippen molar-refractivity contribution in [3.05, 3.63) is 0 Å². The fourth-order valence-corrected chi connectivity index (χ4v) is 1.30. The maximum atomic E-state index is 11.6. The molecule has 1 aliphatic heterocycles. The summed E-state index contributed by atoms with van der Waals surface area (Å²) in [6.45, 7) is 5.83. The first-order valence-electron chi connectivity index (χ1n) is 4.78. The number of hydrogen-bond acceptors (Lipinski definition) is 4. The van der Waals surface area contributed by atoms with E-state index in [1.807, 2.05) is 6.07 Å². The molecule has 1 aliphatic rings. The van der Waals surface area contributed by atoms with Crippen molar-refractivity contribution in [1.82, 2.24) is 4.90 Å². The van der Waals surface area contributed by atoms with Crippen molar-refractivity contribution in [2.24, 2.45) is 5.92 Å². The van der Waals surface area contributed by atoms with Crippen molar-refractivity contribution in [2.75, 3.05) is 13.1 Å². The Morgan fingerprint density at radius 2 is 2.27 bits per heavy atom. The molecule has 82 valence electrons. The van der Waals surface area contributed by atoms with Gasteiger partial charge in [0.1, 0.15) is 11.5 Å². The molecule has 1 atom stereocenters. The second kappa shape index (κ2) is 3.89. The molecular weight excluding hydrogens is 194 g/mol. The predicted octanol–water partition coefficient (Wildman–Crippen LogP) is 1.40. The summed E-state index contributed by atoms with van der Waals surface area (Å²) in [6, 6.07) is 1.99. The highest BCUT2D eigenvalue weighted by atomic mass is 16.6. The van der Waals surface area contributed by atoms with E-state index in [-0.39, 0.29) is 18.8 Å². The summed E-state index contributed by atoms with van der Waals surface area (Å²) >= 11 is 0. The average molecular weight is 209 g/mol. The number of carbonyl (C=O) groups excluding carboxylic acids is 1. The molecule has 1 rings (SSSR count). The van der Waals surface area contributed by atoms with Crippen LogP contribution in [0.5, 0.6) is 0 Å². The SMILES string of the molecule is CC(C)(C)OC(=O)N1CC(=N)C(C#N)C1. The van der Waals surface area contributed by atoms with E-state index in [2.05, 4.69) is 0 Å². The zero-order valence-electron chi connectivity index (χ0n) is 9.20. The van der Waals surface area contributed by atoms with Crippen LogP contribution in [0.3, 0.4) is 0 Å². The molecule has 0 aliphatic carbocycles. The molecule has 15 heavy (non-hydrogen) atoms. The molecule has 1 heterocycles. The Morgan fingerprint density at radius 1 is 1.67 bits per heavy atom. The summed E-state index contributed by atoms with van der Waals surface area (Å²) in [5.74, 6) is -0.475. The Kier molecular flexibility index (Phi) is 2.98. The first-order valence-corrected chi connectivity index (χ1v) is 4.78. The number of nitrogens with zero attached hydrogens (tertiary/aromatic N) is 2. The molecule has 1 unspecified atom stereocenters. The molecule has 0 aromatic carbocycles. The largest absolute Gasteiger partial charge is 0.444 e. The molecule has 1 saturated heterocycles. The summed E-state index contributed by atoms with van der Waals surface area (Å²) in [6.07, 6.45) is -0.454. The first kappa shape index (κ1) is 11.5. The molecule has 0 radical (unpaired) electrons. The maximum Gasteiger partial charge on any atom is 0.410 e. The summed E-state index contributed by atoms with van der Waals surface area (Å²) in [7, 11) is 0. The van der Waals surface area contributed by atoms with Gasteiger partial charge in [-0.15, -0.1) is 0 Å². The standard InChI is InChI=1S/C10H15N3O2/c1-10(2,3)15-9(14)13-5-7(4-11)8(12)6-13/h7,12H,5-6H2,1-3H3. The molecule has 1 fully saturated rings. The summed E-state index contributed by atoms with van der Waals surface area (Å²) in [5.41, 5.74) is -0.257. The van der Waals surface area contributed by atoms with Crippen molar-refractivity contribution in [3.63, 3.8) is 0 Å². The Morgan fingerprint density at radius 3 is 2.67 bits per heavy atom. The Bertz CT molecular complexity index is 325. The molecule has 0 bridgehead atoms. The van der Waals surface area contributed by atoms with E-state index in [9.17, 15) is 4.79 Å². The van der Waals surface area contributed by atoms with Crippen LogP contribution < -0.4 is 0 Å². The lowest BCUT2D eigenvalue weighted by Crippen LogP contribution is -2.35. The van der Waals surface area contributed by atoms with Gasteiger partial charge in [-0.05, 0) is 20.8 Å². The van der Waals surface area contributed by atoms with Gasteiger partial charge >= 0.3 is 6.09 Å². The molecule has 1 amide bonds. The van der Waals surface area contributed by atoms with Crippen LogP contribution in [0.4, 0.5) is 4.79 Å². The minimum absolute atomic E-state index is 0.202. The quantitative estimate of drug-likeness (QED) is 0.655. The summed E-state index contributed by atoms with van der Waals surface area (Å²) < 4.78 is 5.14. The van der Waals surface area contributed by atoms with E-state index in [0.29, 0.717) is 0 Å². The van der Waals surface area contributed by atoms with Crippen LogP contribution in [0.15, 0.2) is 0 Å². The van der Waals surface area contributed by atoms with Gasteiger partial charge in [-0.2, -0.15) is 5.26 Å². The van der Waals surface area contributed by atoms with Crippen molar-refractivity contribution in [2.45, 2.75) is 26.4 Å². The second-order valence-corrected chi connectivity index (χ2v) is 4.57. The third-order valence-corrected chi connectivity index (χ3v) is 1.99. The van der Waals surface area contributed by atoms with E-state index < -0.39 is 17.6 Å². The van der Waals surface area contributed by atoms with Crippen LogP contribution in [-0.2, 0) is 4.74 Å². The van der Waals surface area contributed by atoms with Gasteiger partial charge in [-0.25, -0.2) is 4.79 Å². The zero-order chi connectivity index (χ0) is 11.6. The van der Waals surface area contributed by atoms with E-state index in [4.69, 9.17) is 15.4 Å². The highest BCUT2D eigenvalue weighted by molar-refractivity contribution is 5.93. The Balaban J connectivity index is 2.58. The number of likely N-dealkylation sites (tertiary alicyclic amines) is 1. The Hall–Kier alpha value is -1.57. The van der Waals surface area contributed by atoms with Crippen molar-refractivity contribution in [1.29, 1.82) is 10.7 Å². The lowest BCUT2D eigenvalue weighted by atomic mass is 10.1. The molecular formula is C10H15N3O2. The second-order valence-electron chi connectivity index (χ2n) is 4.57. The van der Waals surface area contributed by atoms with E-state index >= 15 is 0 Å². The molecule has 0 aromatic heterocycles. The molecule has 0 spiro atoms. The van der Waals surface area contributed by atoms with Crippen molar-refractivity contribution in [3.8, 4) is 6.07 Å².